The smallest absolute Gasteiger partial charge is 0.226 e. The molecule has 2 rings (SSSR count). The van der Waals surface area contributed by atoms with E-state index in [-0.39, 0.29) is 12.0 Å². The predicted molar refractivity (Wildman–Crippen MR) is 60.8 cm³/mol. The van der Waals surface area contributed by atoms with Crippen LogP contribution in [0, 0.1) is 5.92 Å². The van der Waals surface area contributed by atoms with Gasteiger partial charge in [0.05, 0.1) is 12.7 Å². The van der Waals surface area contributed by atoms with Crippen molar-refractivity contribution in [1.82, 2.24) is 4.90 Å². The zero-order chi connectivity index (χ0) is 10.7. The third-order valence-electron chi connectivity index (χ3n) is 2.99. The summed E-state index contributed by atoms with van der Waals surface area (Å²) in [5, 5.41) is 0. The Morgan fingerprint density at radius 1 is 1.60 bits per heavy atom. The Hall–Kier alpha value is -0.260. The zero-order valence-electron chi connectivity index (χ0n) is 8.85. The number of hydrogen-bond acceptors (Lipinski definition) is 4. The first kappa shape index (κ1) is 11.2. The number of rotatable bonds is 2. The molecule has 2 unspecified atom stereocenters. The predicted octanol–water partition coefficient (Wildman–Crippen LogP) is -0.0744. The molecule has 0 aromatic carbocycles. The van der Waals surface area contributed by atoms with Gasteiger partial charge in [0.25, 0.3) is 0 Å². The summed E-state index contributed by atoms with van der Waals surface area (Å²) in [7, 11) is 0. The van der Waals surface area contributed by atoms with Gasteiger partial charge in [-0.1, -0.05) is 0 Å². The van der Waals surface area contributed by atoms with E-state index in [4.69, 9.17) is 10.5 Å². The first-order valence-electron chi connectivity index (χ1n) is 5.49. The van der Waals surface area contributed by atoms with Gasteiger partial charge in [0.1, 0.15) is 0 Å². The van der Waals surface area contributed by atoms with Gasteiger partial charge in [-0.15, -0.1) is 0 Å². The number of thioether (sulfide) groups is 1. The maximum atomic E-state index is 12.1. The number of amides is 1. The van der Waals surface area contributed by atoms with Gasteiger partial charge in [0, 0.05) is 31.3 Å². The fourth-order valence-electron chi connectivity index (χ4n) is 2.05. The molecule has 86 valence electrons. The standard InChI is InChI=1S/C10H18N2O2S/c11-5-9-6-12(2-3-14-9)10(13)8-1-4-15-7-8/h8-9H,1-7,11H2. The molecule has 0 saturated carbocycles. The Kier molecular flexibility index (Phi) is 3.88. The van der Waals surface area contributed by atoms with E-state index in [9.17, 15) is 4.79 Å². The monoisotopic (exact) mass is 230 g/mol. The molecule has 2 N–H and O–H groups in total. The molecule has 15 heavy (non-hydrogen) atoms. The number of morpholine rings is 1. The second-order valence-corrected chi connectivity index (χ2v) is 5.22. The summed E-state index contributed by atoms with van der Waals surface area (Å²) in [4.78, 5) is 14.0. The van der Waals surface area contributed by atoms with E-state index in [0.29, 0.717) is 25.6 Å². The van der Waals surface area contributed by atoms with Crippen LogP contribution in [0.3, 0.4) is 0 Å². The fourth-order valence-corrected chi connectivity index (χ4v) is 3.26. The third kappa shape index (κ3) is 2.65. The van der Waals surface area contributed by atoms with E-state index in [1.807, 2.05) is 16.7 Å². The number of nitrogens with two attached hydrogens (primary N) is 1. The largest absolute Gasteiger partial charge is 0.373 e. The summed E-state index contributed by atoms with van der Waals surface area (Å²) >= 11 is 1.88. The molecule has 5 heteroatoms. The number of nitrogens with zero attached hydrogens (tertiary/aromatic N) is 1. The first-order valence-corrected chi connectivity index (χ1v) is 6.65. The van der Waals surface area contributed by atoms with Gasteiger partial charge in [0.2, 0.25) is 5.91 Å². The Morgan fingerprint density at radius 2 is 2.47 bits per heavy atom. The average molecular weight is 230 g/mol. The van der Waals surface area contributed by atoms with Gasteiger partial charge in [0.15, 0.2) is 0 Å². The first-order chi connectivity index (χ1) is 7.31. The van der Waals surface area contributed by atoms with Gasteiger partial charge in [-0.2, -0.15) is 11.8 Å². The molecule has 1 amide bonds. The Morgan fingerprint density at radius 3 is 3.13 bits per heavy atom. The molecule has 0 aromatic heterocycles. The highest BCUT2D eigenvalue weighted by atomic mass is 32.2. The Balaban J connectivity index is 1.88. The summed E-state index contributed by atoms with van der Waals surface area (Å²) in [6.45, 7) is 2.55. The van der Waals surface area contributed by atoms with E-state index >= 15 is 0 Å². The molecule has 2 aliphatic rings. The summed E-state index contributed by atoms with van der Waals surface area (Å²) in [5.74, 6) is 2.66. The van der Waals surface area contributed by atoms with Crippen molar-refractivity contribution in [3.8, 4) is 0 Å². The van der Waals surface area contributed by atoms with E-state index in [0.717, 1.165) is 24.5 Å². The average Bonchev–Trinajstić information content (AvgIpc) is 2.81. The minimum absolute atomic E-state index is 0.0387. The van der Waals surface area contributed by atoms with Crippen LogP contribution in [0.25, 0.3) is 0 Å². The van der Waals surface area contributed by atoms with Crippen molar-refractivity contribution in [2.75, 3.05) is 37.7 Å². The molecule has 0 aliphatic carbocycles. The molecule has 0 spiro atoms. The summed E-state index contributed by atoms with van der Waals surface area (Å²) in [6.07, 6.45) is 1.07. The molecule has 2 heterocycles. The van der Waals surface area contributed by atoms with E-state index < -0.39 is 0 Å². The molecule has 0 aromatic rings. The van der Waals surface area contributed by atoms with E-state index in [1.165, 1.54) is 0 Å². The summed E-state index contributed by atoms with van der Waals surface area (Å²) < 4.78 is 5.45. The van der Waals surface area contributed by atoms with Crippen molar-refractivity contribution in [1.29, 1.82) is 0 Å². The number of ether oxygens (including phenoxy) is 1. The van der Waals surface area contributed by atoms with Crippen LogP contribution in [-0.2, 0) is 9.53 Å². The van der Waals surface area contributed by atoms with E-state index in [1.54, 1.807) is 0 Å². The minimum atomic E-state index is 0.0387. The quantitative estimate of drug-likeness (QED) is 0.721. The fraction of sp³-hybridized carbons (Fsp3) is 0.900. The van der Waals surface area contributed by atoms with Gasteiger partial charge in [-0.3, -0.25) is 4.79 Å². The lowest BCUT2D eigenvalue weighted by Gasteiger charge is -2.33. The molecular weight excluding hydrogens is 212 g/mol. The van der Waals surface area contributed by atoms with Crippen LogP contribution in [0.4, 0.5) is 0 Å². The highest BCUT2D eigenvalue weighted by Gasteiger charge is 2.30. The van der Waals surface area contributed by atoms with Crippen LogP contribution in [0.1, 0.15) is 6.42 Å². The van der Waals surface area contributed by atoms with Crippen molar-refractivity contribution in [3.63, 3.8) is 0 Å². The molecule has 0 bridgehead atoms. The Labute approximate surface area is 94.5 Å². The lowest BCUT2D eigenvalue weighted by molar-refractivity contribution is -0.141. The van der Waals surface area contributed by atoms with Crippen LogP contribution in [0.15, 0.2) is 0 Å². The maximum Gasteiger partial charge on any atom is 0.226 e. The van der Waals surface area contributed by atoms with Crippen LogP contribution < -0.4 is 5.73 Å². The van der Waals surface area contributed by atoms with E-state index in [2.05, 4.69) is 0 Å². The van der Waals surface area contributed by atoms with Crippen molar-refractivity contribution in [3.05, 3.63) is 0 Å². The maximum absolute atomic E-state index is 12.1. The van der Waals surface area contributed by atoms with Gasteiger partial charge >= 0.3 is 0 Å². The Bertz CT molecular complexity index is 231. The highest BCUT2D eigenvalue weighted by molar-refractivity contribution is 7.99. The molecule has 0 radical (unpaired) electrons. The van der Waals surface area contributed by atoms with Crippen LogP contribution in [0.5, 0.6) is 0 Å². The van der Waals surface area contributed by atoms with Crippen molar-refractivity contribution in [2.24, 2.45) is 11.7 Å². The van der Waals surface area contributed by atoms with Gasteiger partial charge in [-0.05, 0) is 12.2 Å². The lowest BCUT2D eigenvalue weighted by Crippen LogP contribution is -2.49. The van der Waals surface area contributed by atoms with Crippen molar-refractivity contribution in [2.45, 2.75) is 12.5 Å². The van der Waals surface area contributed by atoms with Crippen LogP contribution >= 0.6 is 11.8 Å². The number of carbonyl (C=O) groups excluding carboxylic acids is 1. The second kappa shape index (κ2) is 5.18. The normalized spacial score (nSPS) is 31.9. The highest BCUT2D eigenvalue weighted by Crippen LogP contribution is 2.25. The molecule has 2 fully saturated rings. The van der Waals surface area contributed by atoms with Crippen molar-refractivity contribution < 1.29 is 9.53 Å². The molecular formula is C10H18N2O2S. The van der Waals surface area contributed by atoms with Gasteiger partial charge < -0.3 is 15.4 Å². The lowest BCUT2D eigenvalue weighted by atomic mass is 10.1. The molecule has 2 aliphatic heterocycles. The topological polar surface area (TPSA) is 55.6 Å². The molecule has 4 nitrogen and oxygen atoms in total. The molecule has 2 atom stereocenters. The van der Waals surface area contributed by atoms with Crippen molar-refractivity contribution >= 4 is 17.7 Å². The third-order valence-corrected chi connectivity index (χ3v) is 4.15. The van der Waals surface area contributed by atoms with Crippen LogP contribution in [-0.4, -0.2) is 54.7 Å². The second-order valence-electron chi connectivity index (χ2n) is 4.07. The zero-order valence-corrected chi connectivity index (χ0v) is 9.67. The molecule has 2 saturated heterocycles. The summed E-state index contributed by atoms with van der Waals surface area (Å²) in [5.41, 5.74) is 5.55. The minimum Gasteiger partial charge on any atom is -0.373 e. The van der Waals surface area contributed by atoms with Crippen LogP contribution in [0.2, 0.25) is 0 Å². The number of hydrogen-bond donors (Lipinski definition) is 1. The SMILES string of the molecule is NCC1CN(C(=O)C2CCSC2)CCO1. The summed E-state index contributed by atoms with van der Waals surface area (Å²) in [6, 6.07) is 0. The number of carbonyl (C=O) groups is 1. The van der Waals surface area contributed by atoms with Gasteiger partial charge in [-0.25, -0.2) is 0 Å².